The van der Waals surface area contributed by atoms with Gasteiger partial charge in [-0.05, 0) is 37.0 Å². The van der Waals surface area contributed by atoms with Gasteiger partial charge in [0.25, 0.3) is 0 Å². The van der Waals surface area contributed by atoms with Crippen LogP contribution in [-0.2, 0) is 0 Å². The summed E-state index contributed by atoms with van der Waals surface area (Å²) < 4.78 is 0. The maximum absolute atomic E-state index is 11.4. The van der Waals surface area contributed by atoms with E-state index in [1.165, 1.54) is 25.7 Å². The van der Waals surface area contributed by atoms with Gasteiger partial charge in [-0.15, -0.1) is 0 Å². The highest BCUT2D eigenvalue weighted by molar-refractivity contribution is 5.10. The monoisotopic (exact) mass is 239 g/mol. The van der Waals surface area contributed by atoms with Crippen molar-refractivity contribution < 1.29 is 5.11 Å². The molecule has 2 rings (SSSR count). The second-order valence-corrected chi connectivity index (χ2v) is 7.43. The van der Waals surface area contributed by atoms with Gasteiger partial charge in [0.2, 0.25) is 0 Å². The lowest BCUT2D eigenvalue weighted by Gasteiger charge is -2.60. The Morgan fingerprint density at radius 1 is 1.12 bits per heavy atom. The van der Waals surface area contributed by atoms with Gasteiger partial charge in [-0.3, -0.25) is 0 Å². The SMILES string of the molecule is CC(C)(C)C1CCCCC1(O)C1(CN)CCC1. The van der Waals surface area contributed by atoms with Crippen molar-refractivity contribution in [3.8, 4) is 0 Å². The van der Waals surface area contributed by atoms with E-state index < -0.39 is 5.60 Å². The van der Waals surface area contributed by atoms with Crippen LogP contribution in [0.5, 0.6) is 0 Å². The molecule has 2 nitrogen and oxygen atoms in total. The fourth-order valence-corrected chi connectivity index (χ4v) is 4.36. The van der Waals surface area contributed by atoms with Crippen molar-refractivity contribution in [2.24, 2.45) is 22.5 Å². The first-order chi connectivity index (χ1) is 7.86. The van der Waals surface area contributed by atoms with Gasteiger partial charge in [0.05, 0.1) is 5.60 Å². The zero-order valence-electron chi connectivity index (χ0n) is 11.8. The van der Waals surface area contributed by atoms with Gasteiger partial charge in [0.15, 0.2) is 0 Å². The molecule has 2 aliphatic carbocycles. The highest BCUT2D eigenvalue weighted by atomic mass is 16.3. The number of nitrogens with two attached hydrogens (primary N) is 1. The fraction of sp³-hybridized carbons (Fsp3) is 1.00. The van der Waals surface area contributed by atoms with E-state index in [9.17, 15) is 5.11 Å². The quantitative estimate of drug-likeness (QED) is 0.778. The number of hydrogen-bond donors (Lipinski definition) is 2. The first-order valence-corrected chi connectivity index (χ1v) is 7.28. The predicted octanol–water partition coefficient (Wildman–Crippen LogP) is 3.08. The van der Waals surface area contributed by atoms with Crippen molar-refractivity contribution in [3.05, 3.63) is 0 Å². The van der Waals surface area contributed by atoms with E-state index >= 15 is 0 Å². The third kappa shape index (κ3) is 1.94. The van der Waals surface area contributed by atoms with Crippen LogP contribution >= 0.6 is 0 Å². The second kappa shape index (κ2) is 4.24. The fourth-order valence-electron chi connectivity index (χ4n) is 4.36. The molecule has 2 aliphatic rings. The number of hydrogen-bond acceptors (Lipinski definition) is 2. The van der Waals surface area contributed by atoms with Crippen LogP contribution in [0.3, 0.4) is 0 Å². The van der Waals surface area contributed by atoms with E-state index in [1.807, 2.05) is 0 Å². The van der Waals surface area contributed by atoms with Gasteiger partial charge in [0.1, 0.15) is 0 Å². The summed E-state index contributed by atoms with van der Waals surface area (Å²) in [7, 11) is 0. The summed E-state index contributed by atoms with van der Waals surface area (Å²) in [6.45, 7) is 7.49. The molecule has 2 atom stereocenters. The van der Waals surface area contributed by atoms with Crippen molar-refractivity contribution >= 4 is 0 Å². The van der Waals surface area contributed by atoms with Gasteiger partial charge in [-0.25, -0.2) is 0 Å². The molecule has 0 heterocycles. The molecule has 0 aromatic rings. The van der Waals surface area contributed by atoms with E-state index in [2.05, 4.69) is 20.8 Å². The van der Waals surface area contributed by atoms with Gasteiger partial charge in [-0.1, -0.05) is 40.0 Å². The first-order valence-electron chi connectivity index (χ1n) is 7.28. The molecular weight excluding hydrogens is 210 g/mol. The van der Waals surface area contributed by atoms with Crippen molar-refractivity contribution in [1.29, 1.82) is 0 Å². The molecule has 2 unspecified atom stereocenters. The lowest BCUT2D eigenvalue weighted by Crippen LogP contribution is -2.63. The normalized spacial score (nSPS) is 37.6. The Bertz CT molecular complexity index is 272. The Hall–Kier alpha value is -0.0800. The molecule has 0 bridgehead atoms. The zero-order chi connectivity index (χ0) is 12.7. The molecule has 100 valence electrons. The first kappa shape index (κ1) is 13.4. The molecule has 0 saturated heterocycles. The summed E-state index contributed by atoms with van der Waals surface area (Å²) >= 11 is 0. The lowest BCUT2D eigenvalue weighted by molar-refractivity contribution is -0.198. The van der Waals surface area contributed by atoms with Crippen LogP contribution in [0.2, 0.25) is 0 Å². The molecule has 0 spiro atoms. The van der Waals surface area contributed by atoms with Crippen LogP contribution in [-0.4, -0.2) is 17.3 Å². The summed E-state index contributed by atoms with van der Waals surface area (Å²) in [4.78, 5) is 0. The molecule has 2 fully saturated rings. The Balaban J connectivity index is 2.31. The maximum Gasteiger partial charge on any atom is 0.0748 e. The van der Waals surface area contributed by atoms with E-state index in [4.69, 9.17) is 5.73 Å². The van der Waals surface area contributed by atoms with Crippen LogP contribution in [0.15, 0.2) is 0 Å². The Morgan fingerprint density at radius 2 is 1.76 bits per heavy atom. The minimum Gasteiger partial charge on any atom is -0.389 e. The van der Waals surface area contributed by atoms with Crippen molar-refractivity contribution in [3.63, 3.8) is 0 Å². The Labute approximate surface area is 106 Å². The average Bonchev–Trinajstić information content (AvgIpc) is 2.15. The van der Waals surface area contributed by atoms with E-state index in [0.29, 0.717) is 12.5 Å². The standard InChI is InChI=1S/C15H29NO/c1-13(2,3)12-7-4-5-10-15(12,17)14(11-16)8-6-9-14/h12,17H,4-11,16H2,1-3H3. The van der Waals surface area contributed by atoms with Crippen LogP contribution in [0.25, 0.3) is 0 Å². The van der Waals surface area contributed by atoms with Crippen molar-refractivity contribution in [1.82, 2.24) is 0 Å². The summed E-state index contributed by atoms with van der Waals surface area (Å²) in [5, 5.41) is 11.4. The molecule has 2 saturated carbocycles. The van der Waals surface area contributed by atoms with Gasteiger partial charge in [-0.2, -0.15) is 0 Å². The van der Waals surface area contributed by atoms with Crippen LogP contribution in [0.1, 0.15) is 65.7 Å². The summed E-state index contributed by atoms with van der Waals surface area (Å²) in [5.74, 6) is 0.410. The third-order valence-corrected chi connectivity index (χ3v) is 5.54. The zero-order valence-corrected chi connectivity index (χ0v) is 11.8. The molecule has 3 N–H and O–H groups in total. The Morgan fingerprint density at radius 3 is 2.18 bits per heavy atom. The summed E-state index contributed by atoms with van der Waals surface area (Å²) in [5.41, 5.74) is 5.75. The third-order valence-electron chi connectivity index (χ3n) is 5.54. The van der Waals surface area contributed by atoms with Crippen LogP contribution in [0.4, 0.5) is 0 Å². The topological polar surface area (TPSA) is 46.2 Å². The van der Waals surface area contributed by atoms with Crippen LogP contribution < -0.4 is 5.73 Å². The molecule has 0 aromatic carbocycles. The van der Waals surface area contributed by atoms with E-state index in [-0.39, 0.29) is 10.8 Å². The second-order valence-electron chi connectivity index (χ2n) is 7.43. The minimum atomic E-state index is -0.503. The van der Waals surface area contributed by atoms with Crippen LogP contribution in [0, 0.1) is 16.7 Å². The molecule has 2 heteroatoms. The molecule has 0 aromatic heterocycles. The lowest BCUT2D eigenvalue weighted by atomic mass is 9.48. The van der Waals surface area contributed by atoms with E-state index in [0.717, 1.165) is 19.3 Å². The molecule has 0 radical (unpaired) electrons. The molecule has 0 aliphatic heterocycles. The molecule has 0 amide bonds. The number of aliphatic hydroxyl groups is 1. The Kier molecular flexibility index (Phi) is 3.33. The molecular formula is C15H29NO. The highest BCUT2D eigenvalue weighted by Crippen LogP contribution is 2.59. The number of rotatable bonds is 2. The largest absolute Gasteiger partial charge is 0.389 e. The summed E-state index contributed by atoms with van der Waals surface area (Å²) in [6.07, 6.45) is 8.08. The predicted molar refractivity (Wildman–Crippen MR) is 71.7 cm³/mol. The smallest absolute Gasteiger partial charge is 0.0748 e. The average molecular weight is 239 g/mol. The summed E-state index contributed by atoms with van der Waals surface area (Å²) in [6, 6.07) is 0. The highest BCUT2D eigenvalue weighted by Gasteiger charge is 2.59. The van der Waals surface area contributed by atoms with Gasteiger partial charge < -0.3 is 10.8 Å². The van der Waals surface area contributed by atoms with Gasteiger partial charge in [0, 0.05) is 12.0 Å². The molecule has 17 heavy (non-hydrogen) atoms. The van der Waals surface area contributed by atoms with Crippen molar-refractivity contribution in [2.45, 2.75) is 71.3 Å². The minimum absolute atomic E-state index is 0.0331. The van der Waals surface area contributed by atoms with E-state index in [1.54, 1.807) is 0 Å². The van der Waals surface area contributed by atoms with Crippen molar-refractivity contribution in [2.75, 3.05) is 6.54 Å². The maximum atomic E-state index is 11.4. The van der Waals surface area contributed by atoms with Gasteiger partial charge >= 0.3 is 0 Å².